The number of anilines is 3. The average molecular weight is 830 g/mol. The summed E-state index contributed by atoms with van der Waals surface area (Å²) in [5.74, 6) is 1.65. The van der Waals surface area contributed by atoms with Crippen molar-refractivity contribution < 1.29 is 4.39 Å². The number of pyridine rings is 1. The molecule has 1 atom stereocenters. The number of nitrogens with zero attached hydrogens (tertiary/aromatic N) is 5. The van der Waals surface area contributed by atoms with Crippen LogP contribution >= 0.6 is 0 Å². The fraction of sp³-hybridized carbons (Fsp3) is 0.0357. The van der Waals surface area contributed by atoms with Gasteiger partial charge in [0.15, 0.2) is 14.2 Å². The maximum absolute atomic E-state index is 17.3. The Balaban J connectivity index is 1.12. The minimum Gasteiger partial charge on any atom is -0.327 e. The zero-order chi connectivity index (χ0) is 42.1. The Hall–Kier alpha value is -7.87. The van der Waals surface area contributed by atoms with Crippen molar-refractivity contribution in [2.45, 2.75) is 6.17 Å². The van der Waals surface area contributed by atoms with E-state index in [-0.39, 0.29) is 0 Å². The predicted molar refractivity (Wildman–Crippen MR) is 260 cm³/mol. The molecule has 0 radical (unpaired) electrons. The second-order valence-electron chi connectivity index (χ2n) is 16.3. The van der Waals surface area contributed by atoms with Gasteiger partial charge in [0.25, 0.3) is 0 Å². The lowest BCUT2D eigenvalue weighted by atomic mass is 9.99. The third-order valence-corrected chi connectivity index (χ3v) is 17.7. The summed E-state index contributed by atoms with van der Waals surface area (Å²) in [6.45, 7) is 0. The standard InChI is InChI=1S/C56H40FN5Si/c1-60-49-32-14-12-30-47(49)59-55(60)40-21-17-19-38(35-40)52(57)39-20-18-24-42(36-39)62-50-33-15-16-34-51(50)63(43-25-7-3-8-26-43,44-27-9-4-10-28-44)54-53-46(37-58-56(54)62)45-29-11-13-31-48(45)61(53)41-22-5-2-6-23-41/h2-37,52H,1H3. The quantitative estimate of drug-likeness (QED) is 0.150. The van der Waals surface area contributed by atoms with Gasteiger partial charge < -0.3 is 9.13 Å². The Kier molecular flexibility index (Phi) is 8.59. The first-order valence-electron chi connectivity index (χ1n) is 21.4. The Morgan fingerprint density at radius 3 is 1.89 bits per heavy atom. The summed E-state index contributed by atoms with van der Waals surface area (Å²) in [7, 11) is -1.18. The molecule has 5 nitrogen and oxygen atoms in total. The molecule has 63 heavy (non-hydrogen) atoms. The Morgan fingerprint density at radius 2 is 1.14 bits per heavy atom. The lowest BCUT2D eigenvalue weighted by Crippen LogP contribution is -2.77. The second kappa shape index (κ2) is 14.6. The van der Waals surface area contributed by atoms with Gasteiger partial charge in [-0.15, -0.1) is 0 Å². The summed E-state index contributed by atoms with van der Waals surface area (Å²) in [5, 5.41) is 7.20. The van der Waals surface area contributed by atoms with Crippen LogP contribution in [0.2, 0.25) is 0 Å². The third-order valence-electron chi connectivity index (χ3n) is 12.9. The van der Waals surface area contributed by atoms with Crippen LogP contribution in [0.5, 0.6) is 0 Å². The third kappa shape index (κ3) is 5.60. The first-order chi connectivity index (χ1) is 31.1. The zero-order valence-corrected chi connectivity index (χ0v) is 35.5. The summed E-state index contributed by atoms with van der Waals surface area (Å²) >= 11 is 0. The molecule has 0 bridgehead atoms. The molecular formula is C56H40FN5Si. The Morgan fingerprint density at radius 1 is 0.540 bits per heavy atom. The number of para-hydroxylation sites is 5. The summed E-state index contributed by atoms with van der Waals surface area (Å²) in [6.07, 6.45) is 0.664. The lowest BCUT2D eigenvalue weighted by Gasteiger charge is -2.44. The van der Waals surface area contributed by atoms with E-state index in [2.05, 4.69) is 172 Å². The number of rotatable bonds is 7. The van der Waals surface area contributed by atoms with Crippen LogP contribution in [0.1, 0.15) is 17.3 Å². The number of fused-ring (bicyclic) bond motifs is 7. The highest BCUT2D eigenvalue weighted by atomic mass is 28.3. The van der Waals surface area contributed by atoms with Crippen molar-refractivity contribution in [1.82, 2.24) is 19.1 Å². The molecule has 1 aliphatic heterocycles. The van der Waals surface area contributed by atoms with Crippen LogP contribution in [0.4, 0.5) is 21.6 Å². The van der Waals surface area contributed by atoms with Gasteiger partial charge in [0.2, 0.25) is 0 Å². The van der Waals surface area contributed by atoms with Crippen LogP contribution in [-0.2, 0) is 7.05 Å². The molecule has 0 amide bonds. The van der Waals surface area contributed by atoms with Gasteiger partial charge in [-0.2, -0.15) is 0 Å². The molecule has 0 saturated carbocycles. The van der Waals surface area contributed by atoms with Crippen molar-refractivity contribution in [2.24, 2.45) is 7.05 Å². The molecule has 0 fully saturated rings. The van der Waals surface area contributed by atoms with Gasteiger partial charge in [0.1, 0.15) is 11.6 Å². The summed E-state index contributed by atoms with van der Waals surface area (Å²) < 4.78 is 21.8. The van der Waals surface area contributed by atoms with Gasteiger partial charge in [-0.3, -0.25) is 4.90 Å². The van der Waals surface area contributed by atoms with Crippen molar-refractivity contribution in [1.29, 1.82) is 0 Å². The van der Waals surface area contributed by atoms with Crippen LogP contribution < -0.4 is 25.6 Å². The van der Waals surface area contributed by atoms with E-state index in [0.717, 1.165) is 67.1 Å². The molecule has 0 N–H and O–H groups in total. The largest absolute Gasteiger partial charge is 0.327 e. The monoisotopic (exact) mass is 829 g/mol. The van der Waals surface area contributed by atoms with Crippen molar-refractivity contribution in [2.75, 3.05) is 4.90 Å². The highest BCUT2D eigenvalue weighted by molar-refractivity contribution is 7.22. The molecule has 11 aromatic rings. The number of imidazole rings is 1. The molecule has 1 unspecified atom stereocenters. The van der Waals surface area contributed by atoms with E-state index in [1.54, 1.807) is 0 Å². The van der Waals surface area contributed by atoms with E-state index in [1.165, 1.54) is 20.7 Å². The van der Waals surface area contributed by atoms with Gasteiger partial charge in [-0.1, -0.05) is 158 Å². The summed E-state index contributed by atoms with van der Waals surface area (Å²) in [5.41, 5.74) is 9.15. The number of halogens is 1. The van der Waals surface area contributed by atoms with Crippen molar-refractivity contribution in [3.8, 4) is 17.1 Å². The van der Waals surface area contributed by atoms with Gasteiger partial charge >= 0.3 is 0 Å². The molecule has 8 aromatic carbocycles. The molecule has 12 rings (SSSR count). The van der Waals surface area contributed by atoms with Crippen LogP contribution in [0.15, 0.2) is 219 Å². The molecular weight excluding hydrogens is 790 g/mol. The second-order valence-corrected chi connectivity index (χ2v) is 20.0. The summed E-state index contributed by atoms with van der Waals surface area (Å²) in [4.78, 5) is 12.8. The van der Waals surface area contributed by atoms with E-state index in [9.17, 15) is 0 Å². The smallest absolute Gasteiger partial charge is 0.188 e. The minimum atomic E-state index is -3.19. The van der Waals surface area contributed by atoms with E-state index < -0.39 is 14.2 Å². The molecule has 300 valence electrons. The van der Waals surface area contributed by atoms with Crippen LogP contribution in [0, 0.1) is 0 Å². The highest BCUT2D eigenvalue weighted by Crippen LogP contribution is 2.43. The molecule has 3 aromatic heterocycles. The molecule has 0 saturated heterocycles. The zero-order valence-electron chi connectivity index (χ0n) is 34.5. The Labute approximate surface area is 365 Å². The van der Waals surface area contributed by atoms with Crippen molar-refractivity contribution in [3.05, 3.63) is 230 Å². The summed E-state index contributed by atoms with van der Waals surface area (Å²) in [6, 6.07) is 74.0. The van der Waals surface area contributed by atoms with Gasteiger partial charge in [-0.05, 0) is 81.3 Å². The fourth-order valence-corrected chi connectivity index (χ4v) is 15.4. The minimum absolute atomic E-state index is 0.563. The number of aromatic nitrogens is 4. The molecule has 1 aliphatic rings. The first kappa shape index (κ1) is 36.9. The highest BCUT2D eigenvalue weighted by Gasteiger charge is 2.51. The van der Waals surface area contributed by atoms with Gasteiger partial charge in [0.05, 0.1) is 22.1 Å². The average Bonchev–Trinajstić information content (AvgIpc) is 3.88. The number of alkyl halides is 1. The number of aryl methyl sites for hydroxylation is 1. The van der Waals surface area contributed by atoms with Crippen molar-refractivity contribution >= 4 is 78.9 Å². The van der Waals surface area contributed by atoms with Crippen LogP contribution in [0.25, 0.3) is 49.9 Å². The van der Waals surface area contributed by atoms with Crippen LogP contribution in [0.3, 0.4) is 0 Å². The van der Waals surface area contributed by atoms with Gasteiger partial charge in [0, 0.05) is 51.8 Å². The van der Waals surface area contributed by atoms with Crippen molar-refractivity contribution in [3.63, 3.8) is 0 Å². The number of benzene rings is 8. The Bertz CT molecular complexity index is 3470. The topological polar surface area (TPSA) is 38.9 Å². The normalized spacial score (nSPS) is 13.6. The van der Waals surface area contributed by atoms with Crippen LogP contribution in [-0.4, -0.2) is 27.2 Å². The van der Waals surface area contributed by atoms with E-state index in [0.29, 0.717) is 11.1 Å². The predicted octanol–water partition coefficient (Wildman–Crippen LogP) is 11.0. The lowest BCUT2D eigenvalue weighted by molar-refractivity contribution is 0.402. The van der Waals surface area contributed by atoms with Gasteiger partial charge in [-0.25, -0.2) is 14.4 Å². The number of hydrogen-bond acceptors (Lipinski definition) is 3. The fourth-order valence-electron chi connectivity index (χ4n) is 10.2. The molecule has 7 heteroatoms. The molecule has 0 aliphatic carbocycles. The van der Waals surface area contributed by atoms with E-state index in [1.807, 2.05) is 67.7 Å². The first-order valence-corrected chi connectivity index (χ1v) is 23.4. The van der Waals surface area contributed by atoms with E-state index in [4.69, 9.17) is 9.97 Å². The van der Waals surface area contributed by atoms with E-state index >= 15 is 4.39 Å². The maximum Gasteiger partial charge on any atom is 0.188 e. The molecule has 4 heterocycles. The molecule has 0 spiro atoms. The SMILES string of the molecule is Cn1c(-c2cccc(C(F)c3cccc(N4c5ccccc5[Si](c5ccccc5)(c5ccccc5)c5c4ncc4c6ccccc6n(-c6ccccc6)c54)c3)c2)nc2ccccc21. The maximum atomic E-state index is 17.3. The number of hydrogen-bond donors (Lipinski definition) is 0.